The molecular weight excluding hydrogens is 564 g/mol. The van der Waals surface area contributed by atoms with Crippen LogP contribution in [-0.4, -0.2) is 44.2 Å². The summed E-state index contributed by atoms with van der Waals surface area (Å²) >= 11 is 0. The Hall–Kier alpha value is -4.27. The molecular formula is C22H19BrF4N8O2. The van der Waals surface area contributed by atoms with Crippen molar-refractivity contribution in [2.45, 2.75) is 13.1 Å². The third-order valence-corrected chi connectivity index (χ3v) is 4.93. The Morgan fingerprint density at radius 3 is 2.57 bits per heavy atom. The molecule has 0 aliphatic carbocycles. The predicted molar refractivity (Wildman–Crippen MR) is 133 cm³/mol. The number of aromatic nitrogens is 4. The number of benzene rings is 1. The molecule has 0 bridgehead atoms. The number of rotatable bonds is 5. The molecule has 15 heteroatoms. The summed E-state index contributed by atoms with van der Waals surface area (Å²) in [5, 5.41) is 10.5. The molecule has 0 aliphatic heterocycles. The molecule has 4 rings (SSSR count). The van der Waals surface area contributed by atoms with E-state index in [1.165, 1.54) is 18.3 Å². The van der Waals surface area contributed by atoms with Crippen LogP contribution in [0.1, 0.15) is 16.1 Å². The molecule has 1 aromatic carbocycles. The molecule has 0 saturated carbocycles. The van der Waals surface area contributed by atoms with E-state index in [-0.39, 0.29) is 56.5 Å². The Bertz CT molecular complexity index is 1480. The average Bonchev–Trinajstić information content (AvgIpc) is 3.19. The monoisotopic (exact) mass is 582 g/mol. The lowest BCUT2D eigenvalue weighted by molar-refractivity contribution is -0.123. The molecule has 0 saturated heterocycles. The van der Waals surface area contributed by atoms with E-state index >= 15 is 0 Å². The van der Waals surface area contributed by atoms with Gasteiger partial charge in [-0.05, 0) is 36.8 Å². The highest BCUT2D eigenvalue weighted by molar-refractivity contribution is 8.93. The first-order valence-electron chi connectivity index (χ1n) is 10.3. The zero-order valence-electron chi connectivity index (χ0n) is 18.9. The van der Waals surface area contributed by atoms with Crippen molar-refractivity contribution >= 4 is 51.8 Å². The highest BCUT2D eigenvalue weighted by Gasteiger charge is 2.29. The molecule has 3 aromatic heterocycles. The van der Waals surface area contributed by atoms with Crippen LogP contribution in [0.2, 0.25) is 0 Å². The Labute approximate surface area is 217 Å². The van der Waals surface area contributed by atoms with Gasteiger partial charge in [0.1, 0.15) is 30.0 Å². The van der Waals surface area contributed by atoms with Gasteiger partial charge in [0.05, 0.1) is 11.3 Å². The zero-order chi connectivity index (χ0) is 26.0. The molecule has 37 heavy (non-hydrogen) atoms. The first-order chi connectivity index (χ1) is 17.0. The number of hydrogen-bond acceptors (Lipinski definition) is 6. The van der Waals surface area contributed by atoms with Crippen molar-refractivity contribution in [3.8, 4) is 11.1 Å². The zero-order valence-corrected chi connectivity index (χ0v) is 20.6. The summed E-state index contributed by atoms with van der Waals surface area (Å²) in [6.45, 7) is 0.170. The lowest BCUT2D eigenvalue weighted by atomic mass is 10.0. The first-order valence-corrected chi connectivity index (χ1v) is 10.3. The van der Waals surface area contributed by atoms with Gasteiger partial charge in [-0.3, -0.25) is 10.1 Å². The van der Waals surface area contributed by atoms with Crippen molar-refractivity contribution < 1.29 is 27.2 Å². The van der Waals surface area contributed by atoms with Crippen LogP contribution >= 0.6 is 17.0 Å². The van der Waals surface area contributed by atoms with Crippen LogP contribution in [0.15, 0.2) is 48.9 Å². The van der Waals surface area contributed by atoms with Crippen LogP contribution in [0.25, 0.3) is 16.6 Å². The number of alkyl halides is 3. The number of hydrogen-bond donors (Lipinski definition) is 4. The highest BCUT2D eigenvalue weighted by Crippen LogP contribution is 2.34. The van der Waals surface area contributed by atoms with Gasteiger partial charge in [0, 0.05) is 17.5 Å². The summed E-state index contributed by atoms with van der Waals surface area (Å²) in [7, 11) is 0. The number of halogens is 5. The van der Waals surface area contributed by atoms with E-state index in [1.807, 2.05) is 0 Å². The maximum atomic E-state index is 15.0. The quantitative estimate of drug-likeness (QED) is 0.258. The number of anilines is 3. The minimum absolute atomic E-state index is 0. The minimum Gasteiger partial charge on any atom is -0.382 e. The second-order valence-corrected chi connectivity index (χ2v) is 7.59. The number of nitrogens with one attached hydrogen (secondary N) is 3. The molecule has 3 amide bonds. The van der Waals surface area contributed by atoms with E-state index in [2.05, 4.69) is 25.7 Å². The number of fused-ring (bicyclic) bond motifs is 1. The number of nitrogen functional groups attached to an aromatic ring is 1. The van der Waals surface area contributed by atoms with Crippen molar-refractivity contribution in [3.05, 3.63) is 66.0 Å². The fraction of sp³-hybridized carbons (Fsp3) is 0.136. The van der Waals surface area contributed by atoms with Gasteiger partial charge in [0.25, 0.3) is 5.91 Å². The number of urea groups is 1. The van der Waals surface area contributed by atoms with E-state index in [4.69, 9.17) is 5.73 Å². The van der Waals surface area contributed by atoms with Gasteiger partial charge in [-0.2, -0.15) is 18.3 Å². The third kappa shape index (κ3) is 6.30. The van der Waals surface area contributed by atoms with Crippen molar-refractivity contribution in [1.29, 1.82) is 0 Å². The standard InChI is InChI=1S/C22H18F4N8O2.BrH/c1-11-3-2-4-16(31-11)33-21(36)32-15-6-5-12(7-14(15)23)17-13(20(35)28-9-22(24,25)26)8-34-18(17)19(27)29-10-30-34;/h2-8,10H,9H2,1H3,(H,28,35)(H2,27,29,30)(H2,31,32,33,36);1H. The van der Waals surface area contributed by atoms with Crippen LogP contribution in [0, 0.1) is 12.7 Å². The van der Waals surface area contributed by atoms with Crippen LogP contribution in [0.3, 0.4) is 0 Å². The smallest absolute Gasteiger partial charge is 0.382 e. The lowest BCUT2D eigenvalue weighted by Gasteiger charge is -2.11. The Balaban J connectivity index is 0.00000380. The fourth-order valence-electron chi connectivity index (χ4n) is 3.43. The molecule has 194 valence electrons. The molecule has 0 unspecified atom stereocenters. The van der Waals surface area contributed by atoms with Crippen LogP contribution in [0.5, 0.6) is 0 Å². The molecule has 0 radical (unpaired) electrons. The summed E-state index contributed by atoms with van der Waals surface area (Å²) in [4.78, 5) is 32.8. The normalized spacial score (nSPS) is 11.1. The van der Waals surface area contributed by atoms with E-state index in [9.17, 15) is 27.2 Å². The molecule has 0 atom stereocenters. The maximum Gasteiger partial charge on any atom is 0.405 e. The fourth-order valence-corrected chi connectivity index (χ4v) is 3.43. The summed E-state index contributed by atoms with van der Waals surface area (Å²) in [5.41, 5.74) is 6.38. The average molecular weight is 583 g/mol. The summed E-state index contributed by atoms with van der Waals surface area (Å²) < 4.78 is 54.0. The van der Waals surface area contributed by atoms with Gasteiger partial charge in [-0.15, -0.1) is 17.0 Å². The van der Waals surface area contributed by atoms with Crippen molar-refractivity contribution in [2.75, 3.05) is 22.9 Å². The Kier molecular flexibility index (Phi) is 7.96. The first kappa shape index (κ1) is 27.3. The second kappa shape index (κ2) is 10.8. The molecule has 0 spiro atoms. The Morgan fingerprint density at radius 1 is 1.14 bits per heavy atom. The molecule has 5 N–H and O–H groups in total. The van der Waals surface area contributed by atoms with Crippen LogP contribution in [0.4, 0.5) is 39.7 Å². The summed E-state index contributed by atoms with van der Waals surface area (Å²) in [5.74, 6) is -1.77. The lowest BCUT2D eigenvalue weighted by Crippen LogP contribution is -2.33. The second-order valence-electron chi connectivity index (χ2n) is 7.59. The van der Waals surface area contributed by atoms with Gasteiger partial charge in [-0.1, -0.05) is 12.1 Å². The minimum atomic E-state index is -4.64. The van der Waals surface area contributed by atoms with Crippen LogP contribution in [-0.2, 0) is 0 Å². The number of carbonyl (C=O) groups excluding carboxylic acids is 2. The molecule has 0 fully saturated rings. The highest BCUT2D eigenvalue weighted by atomic mass is 79.9. The summed E-state index contributed by atoms with van der Waals surface area (Å²) in [6, 6.07) is 7.83. The van der Waals surface area contributed by atoms with Gasteiger partial charge < -0.3 is 16.4 Å². The van der Waals surface area contributed by atoms with Gasteiger partial charge in [0.2, 0.25) is 0 Å². The molecule has 4 aromatic rings. The Morgan fingerprint density at radius 2 is 1.89 bits per heavy atom. The van der Waals surface area contributed by atoms with Gasteiger partial charge in [-0.25, -0.2) is 23.7 Å². The largest absolute Gasteiger partial charge is 0.405 e. The SMILES string of the molecule is Br.Cc1cccc(NC(=O)Nc2ccc(-c3c(C(=O)NCC(F)(F)F)cn4ncnc(N)c34)cc2F)n1. The van der Waals surface area contributed by atoms with Crippen molar-refractivity contribution in [3.63, 3.8) is 0 Å². The summed E-state index contributed by atoms with van der Waals surface area (Å²) in [6.07, 6.45) is -2.37. The van der Waals surface area contributed by atoms with E-state index in [0.717, 1.165) is 16.9 Å². The number of amides is 3. The van der Waals surface area contributed by atoms with Gasteiger partial charge >= 0.3 is 12.2 Å². The molecule has 0 aliphatic rings. The van der Waals surface area contributed by atoms with Crippen molar-refractivity contribution in [1.82, 2.24) is 24.9 Å². The number of nitrogens with two attached hydrogens (primary N) is 1. The number of nitrogens with zero attached hydrogens (tertiary/aromatic N) is 4. The topological polar surface area (TPSA) is 139 Å². The predicted octanol–water partition coefficient (Wildman–Crippen LogP) is 4.34. The molecule has 3 heterocycles. The third-order valence-electron chi connectivity index (χ3n) is 4.93. The number of carbonyl (C=O) groups is 2. The van der Waals surface area contributed by atoms with E-state index in [0.29, 0.717) is 5.69 Å². The molecule has 10 nitrogen and oxygen atoms in total. The van der Waals surface area contributed by atoms with E-state index in [1.54, 1.807) is 30.4 Å². The number of pyridine rings is 1. The van der Waals surface area contributed by atoms with Crippen LogP contribution < -0.4 is 21.7 Å². The number of aryl methyl sites for hydroxylation is 1. The van der Waals surface area contributed by atoms with Crippen molar-refractivity contribution in [2.24, 2.45) is 0 Å². The maximum absolute atomic E-state index is 15.0. The van der Waals surface area contributed by atoms with Gasteiger partial charge in [0.15, 0.2) is 5.82 Å². The van der Waals surface area contributed by atoms with E-state index < -0.39 is 30.5 Å².